The monoisotopic (exact) mass is 432 g/mol. The number of benzene rings is 2. The van der Waals surface area contributed by atoms with Gasteiger partial charge in [0.15, 0.2) is 0 Å². The highest BCUT2D eigenvalue weighted by Crippen LogP contribution is 2.37. The van der Waals surface area contributed by atoms with Crippen LogP contribution in [0.5, 0.6) is 11.5 Å². The largest absolute Gasteiger partial charge is 0.493 e. The number of hydrogen-bond acceptors (Lipinski definition) is 2. The second kappa shape index (κ2) is 14.6. The van der Waals surface area contributed by atoms with Gasteiger partial charge in [0.1, 0.15) is 11.5 Å². The Morgan fingerprint density at radius 2 is 1.57 bits per heavy atom. The van der Waals surface area contributed by atoms with E-state index in [0.717, 1.165) is 54.4 Å². The van der Waals surface area contributed by atoms with Crippen molar-refractivity contribution in [3.8, 4) is 11.5 Å². The molecule has 2 rings (SSSR count). The van der Waals surface area contributed by atoms with Crippen molar-refractivity contribution < 1.29 is 9.47 Å². The van der Waals surface area contributed by atoms with Gasteiger partial charge in [0, 0.05) is 16.7 Å². The van der Waals surface area contributed by atoms with E-state index in [2.05, 4.69) is 51.1 Å². The van der Waals surface area contributed by atoms with Crippen molar-refractivity contribution in [3.63, 3.8) is 0 Å². The van der Waals surface area contributed by atoms with Crippen LogP contribution >= 0.6 is 11.6 Å². The topological polar surface area (TPSA) is 18.5 Å². The fourth-order valence-electron chi connectivity index (χ4n) is 3.94. The Bertz CT molecular complexity index is 728. The van der Waals surface area contributed by atoms with Crippen LogP contribution in [0.1, 0.15) is 83.6 Å². The van der Waals surface area contributed by atoms with Gasteiger partial charge in [0.25, 0.3) is 0 Å². The standard InChI is InChI=1S/C27H41ClO2/c1-4-6-15-23(5-2)21-30-27-22(3)20-26(24-16-11-12-17-25(24)27)29-19-14-10-8-7-9-13-18-28/h11-12,16-17,20,23H,4-10,13-15,18-19,21H2,1-3H3. The number of aryl methyl sites for hydroxylation is 1. The second-order valence-electron chi connectivity index (χ2n) is 8.45. The van der Waals surface area contributed by atoms with Crippen molar-refractivity contribution in [1.29, 1.82) is 0 Å². The third-order valence-electron chi connectivity index (χ3n) is 5.94. The minimum atomic E-state index is 0.628. The van der Waals surface area contributed by atoms with Gasteiger partial charge >= 0.3 is 0 Å². The maximum Gasteiger partial charge on any atom is 0.130 e. The third kappa shape index (κ3) is 8.02. The Labute approximate surface area is 189 Å². The zero-order chi connectivity index (χ0) is 21.6. The third-order valence-corrected chi connectivity index (χ3v) is 6.20. The summed E-state index contributed by atoms with van der Waals surface area (Å²) in [7, 11) is 0. The molecule has 0 bridgehead atoms. The average Bonchev–Trinajstić information content (AvgIpc) is 2.77. The number of rotatable bonds is 16. The molecule has 2 aromatic carbocycles. The average molecular weight is 433 g/mol. The van der Waals surface area contributed by atoms with Gasteiger partial charge in [-0.1, -0.05) is 83.1 Å². The van der Waals surface area contributed by atoms with Crippen molar-refractivity contribution in [2.75, 3.05) is 19.1 Å². The van der Waals surface area contributed by atoms with Crippen LogP contribution < -0.4 is 9.47 Å². The molecule has 0 heterocycles. The minimum Gasteiger partial charge on any atom is -0.493 e. The number of halogens is 1. The first-order valence-corrected chi connectivity index (χ1v) is 12.6. The van der Waals surface area contributed by atoms with E-state index in [1.165, 1.54) is 56.8 Å². The molecule has 0 radical (unpaired) electrons. The molecule has 0 aliphatic heterocycles. The van der Waals surface area contributed by atoms with Crippen LogP contribution in [0.3, 0.4) is 0 Å². The lowest BCUT2D eigenvalue weighted by Crippen LogP contribution is -2.12. The molecule has 0 N–H and O–H groups in total. The summed E-state index contributed by atoms with van der Waals surface area (Å²) in [6, 6.07) is 10.6. The van der Waals surface area contributed by atoms with E-state index in [1.54, 1.807) is 0 Å². The summed E-state index contributed by atoms with van der Waals surface area (Å²) in [6.07, 6.45) is 12.2. The van der Waals surface area contributed by atoms with Crippen LogP contribution in [0.2, 0.25) is 0 Å². The van der Waals surface area contributed by atoms with Gasteiger partial charge in [-0.25, -0.2) is 0 Å². The molecule has 1 unspecified atom stereocenters. The van der Waals surface area contributed by atoms with E-state index >= 15 is 0 Å². The minimum absolute atomic E-state index is 0.628. The first-order valence-electron chi connectivity index (χ1n) is 12.0. The fraction of sp³-hybridized carbons (Fsp3) is 0.630. The number of unbranched alkanes of at least 4 members (excludes halogenated alkanes) is 6. The maximum atomic E-state index is 6.38. The predicted octanol–water partition coefficient (Wildman–Crippen LogP) is 8.70. The van der Waals surface area contributed by atoms with E-state index in [9.17, 15) is 0 Å². The zero-order valence-corrected chi connectivity index (χ0v) is 20.1. The molecule has 0 fully saturated rings. The highest BCUT2D eigenvalue weighted by Gasteiger charge is 2.14. The number of hydrogen-bond donors (Lipinski definition) is 0. The van der Waals surface area contributed by atoms with Crippen LogP contribution in [0.15, 0.2) is 30.3 Å². The Morgan fingerprint density at radius 3 is 2.27 bits per heavy atom. The van der Waals surface area contributed by atoms with Crippen molar-refractivity contribution in [1.82, 2.24) is 0 Å². The quantitative estimate of drug-likeness (QED) is 0.195. The maximum absolute atomic E-state index is 6.38. The van der Waals surface area contributed by atoms with Crippen molar-refractivity contribution in [2.24, 2.45) is 5.92 Å². The molecular weight excluding hydrogens is 392 g/mol. The van der Waals surface area contributed by atoms with Crippen LogP contribution in [-0.4, -0.2) is 19.1 Å². The molecule has 0 aliphatic rings. The number of fused-ring (bicyclic) bond motifs is 1. The molecule has 2 nitrogen and oxygen atoms in total. The van der Waals surface area contributed by atoms with Crippen LogP contribution in [0.25, 0.3) is 10.8 Å². The molecule has 0 spiro atoms. The van der Waals surface area contributed by atoms with Crippen molar-refractivity contribution in [3.05, 3.63) is 35.9 Å². The molecule has 0 saturated carbocycles. The predicted molar refractivity (Wildman–Crippen MR) is 131 cm³/mol. The van der Waals surface area contributed by atoms with E-state index in [4.69, 9.17) is 21.1 Å². The first kappa shape index (κ1) is 24.9. The van der Waals surface area contributed by atoms with Gasteiger partial charge in [-0.15, -0.1) is 11.6 Å². The summed E-state index contributed by atoms with van der Waals surface area (Å²) >= 11 is 5.74. The normalized spacial score (nSPS) is 12.3. The summed E-state index contributed by atoms with van der Waals surface area (Å²) in [5.74, 6) is 3.42. The van der Waals surface area contributed by atoms with E-state index < -0.39 is 0 Å². The van der Waals surface area contributed by atoms with Gasteiger partial charge < -0.3 is 9.47 Å². The molecule has 0 saturated heterocycles. The van der Waals surface area contributed by atoms with Crippen molar-refractivity contribution >= 4 is 22.4 Å². The molecule has 0 aromatic heterocycles. The zero-order valence-electron chi connectivity index (χ0n) is 19.4. The molecule has 0 amide bonds. The smallest absolute Gasteiger partial charge is 0.130 e. The summed E-state index contributed by atoms with van der Waals surface area (Å²) in [5.41, 5.74) is 1.16. The lowest BCUT2D eigenvalue weighted by atomic mass is 10.00. The molecule has 168 valence electrons. The van der Waals surface area contributed by atoms with Crippen molar-refractivity contribution in [2.45, 2.75) is 85.0 Å². The Hall–Kier alpha value is -1.41. The number of alkyl halides is 1. The lowest BCUT2D eigenvalue weighted by Gasteiger charge is -2.19. The van der Waals surface area contributed by atoms with Crippen LogP contribution in [-0.2, 0) is 0 Å². The first-order chi connectivity index (χ1) is 14.7. The Kier molecular flexibility index (Phi) is 12.1. The van der Waals surface area contributed by atoms with Gasteiger partial charge in [-0.2, -0.15) is 0 Å². The highest BCUT2D eigenvalue weighted by molar-refractivity contribution is 6.17. The Balaban J connectivity index is 1.98. The van der Waals surface area contributed by atoms with Gasteiger partial charge in [-0.3, -0.25) is 0 Å². The van der Waals surface area contributed by atoms with E-state index in [-0.39, 0.29) is 0 Å². The molecule has 1 atom stereocenters. The van der Waals surface area contributed by atoms with E-state index in [0.29, 0.717) is 5.92 Å². The van der Waals surface area contributed by atoms with Gasteiger partial charge in [-0.05, 0) is 43.7 Å². The van der Waals surface area contributed by atoms with E-state index in [1.807, 2.05) is 0 Å². The Morgan fingerprint density at radius 1 is 0.867 bits per heavy atom. The van der Waals surface area contributed by atoms with Crippen LogP contribution in [0, 0.1) is 12.8 Å². The molecule has 0 aliphatic carbocycles. The summed E-state index contributed by atoms with van der Waals surface area (Å²) in [5, 5.41) is 2.32. The van der Waals surface area contributed by atoms with Gasteiger partial charge in [0.05, 0.1) is 13.2 Å². The summed E-state index contributed by atoms with van der Waals surface area (Å²) in [4.78, 5) is 0. The molecule has 30 heavy (non-hydrogen) atoms. The SMILES string of the molecule is CCCCC(CC)COc1c(C)cc(OCCCCCCCCCl)c2ccccc12. The summed E-state index contributed by atoms with van der Waals surface area (Å²) < 4.78 is 12.6. The highest BCUT2D eigenvalue weighted by atomic mass is 35.5. The molecule has 2 aromatic rings. The lowest BCUT2D eigenvalue weighted by molar-refractivity contribution is 0.234. The summed E-state index contributed by atoms with van der Waals surface area (Å²) in [6.45, 7) is 8.23. The fourth-order valence-corrected chi connectivity index (χ4v) is 4.13. The molecule has 3 heteroatoms. The van der Waals surface area contributed by atoms with Crippen LogP contribution in [0.4, 0.5) is 0 Å². The number of ether oxygens (including phenoxy) is 2. The molecular formula is C27H41ClO2. The second-order valence-corrected chi connectivity index (χ2v) is 8.83. The van der Waals surface area contributed by atoms with Gasteiger partial charge in [0.2, 0.25) is 0 Å².